The van der Waals surface area contributed by atoms with Crippen LogP contribution >= 0.6 is 0 Å². The minimum absolute atomic E-state index is 0.295. The minimum Gasteiger partial charge on any atom is -0.508 e. The second-order valence-corrected chi connectivity index (χ2v) is 6.57. The molecule has 2 bridgehead atoms. The van der Waals surface area contributed by atoms with E-state index in [1.807, 2.05) is 13.0 Å². The number of aromatic hydroxyl groups is 1. The lowest BCUT2D eigenvalue weighted by Crippen LogP contribution is -2.37. The van der Waals surface area contributed by atoms with Crippen LogP contribution in [-0.4, -0.2) is 47.1 Å². The third-order valence-electron chi connectivity index (χ3n) is 5.36. The number of phenols is 1. The lowest BCUT2D eigenvalue weighted by Gasteiger charge is -2.31. The topological polar surface area (TPSA) is 26.7 Å². The van der Waals surface area contributed by atoms with E-state index in [0.29, 0.717) is 17.8 Å². The molecule has 2 saturated heterocycles. The molecular formula is C17H26N2O. The standard InChI is InChI=1S/C17H26N2O/c1-12-4-7-16(17(20)10-12)13(2)19-9-8-14-5-6-15(11-19)18(14)3/h4,7,10,13-15,20H,5-6,8-9,11H2,1-3H3. The zero-order chi connectivity index (χ0) is 14.3. The normalized spacial score (nSPS) is 29.4. The van der Waals surface area contributed by atoms with Crippen LogP contribution in [0.2, 0.25) is 0 Å². The predicted molar refractivity (Wildman–Crippen MR) is 82.0 cm³/mol. The Morgan fingerprint density at radius 1 is 1.20 bits per heavy atom. The van der Waals surface area contributed by atoms with Crippen LogP contribution in [0.4, 0.5) is 0 Å². The van der Waals surface area contributed by atoms with Gasteiger partial charge in [0.15, 0.2) is 0 Å². The van der Waals surface area contributed by atoms with Gasteiger partial charge in [0.2, 0.25) is 0 Å². The Balaban J connectivity index is 1.78. The third kappa shape index (κ3) is 2.45. The van der Waals surface area contributed by atoms with Crippen molar-refractivity contribution in [3.05, 3.63) is 29.3 Å². The Hall–Kier alpha value is -1.06. The molecule has 0 amide bonds. The molecule has 1 N–H and O–H groups in total. The molecule has 0 aromatic heterocycles. The van der Waals surface area contributed by atoms with Crippen molar-refractivity contribution in [2.75, 3.05) is 20.1 Å². The largest absolute Gasteiger partial charge is 0.508 e. The summed E-state index contributed by atoms with van der Waals surface area (Å²) in [5.74, 6) is 0.445. The van der Waals surface area contributed by atoms with Gasteiger partial charge in [0.1, 0.15) is 5.75 Å². The molecule has 0 saturated carbocycles. The summed E-state index contributed by atoms with van der Waals surface area (Å²) in [5.41, 5.74) is 2.18. The number of hydrogen-bond acceptors (Lipinski definition) is 3. The molecule has 2 heterocycles. The van der Waals surface area contributed by atoms with E-state index in [0.717, 1.165) is 30.3 Å². The van der Waals surface area contributed by atoms with Gasteiger partial charge in [-0.3, -0.25) is 9.80 Å². The maximum Gasteiger partial charge on any atom is 0.120 e. The minimum atomic E-state index is 0.295. The molecule has 3 unspecified atom stereocenters. The second-order valence-electron chi connectivity index (χ2n) is 6.57. The lowest BCUT2D eigenvalue weighted by atomic mass is 10.0. The number of rotatable bonds is 2. The quantitative estimate of drug-likeness (QED) is 0.898. The Bertz CT molecular complexity index is 488. The Labute approximate surface area is 122 Å². The Kier molecular flexibility index (Phi) is 3.74. The smallest absolute Gasteiger partial charge is 0.120 e. The predicted octanol–water partition coefficient (Wildman–Crippen LogP) is 2.93. The van der Waals surface area contributed by atoms with Crippen molar-refractivity contribution in [3.63, 3.8) is 0 Å². The van der Waals surface area contributed by atoms with E-state index in [-0.39, 0.29) is 0 Å². The summed E-state index contributed by atoms with van der Waals surface area (Å²) in [6.45, 7) is 6.51. The van der Waals surface area contributed by atoms with Gasteiger partial charge in [-0.25, -0.2) is 0 Å². The highest BCUT2D eigenvalue weighted by Crippen LogP contribution is 2.34. The molecule has 0 spiro atoms. The first-order chi connectivity index (χ1) is 9.56. The zero-order valence-electron chi connectivity index (χ0n) is 12.8. The van der Waals surface area contributed by atoms with Crippen LogP contribution in [-0.2, 0) is 0 Å². The Morgan fingerprint density at radius 2 is 1.95 bits per heavy atom. The first-order valence-electron chi connectivity index (χ1n) is 7.81. The maximum atomic E-state index is 10.2. The third-order valence-corrected chi connectivity index (χ3v) is 5.36. The molecular weight excluding hydrogens is 248 g/mol. The first-order valence-corrected chi connectivity index (χ1v) is 7.81. The van der Waals surface area contributed by atoms with E-state index in [2.05, 4.69) is 35.9 Å². The highest BCUT2D eigenvalue weighted by molar-refractivity contribution is 5.37. The van der Waals surface area contributed by atoms with E-state index in [9.17, 15) is 5.11 Å². The van der Waals surface area contributed by atoms with Crippen molar-refractivity contribution in [2.24, 2.45) is 0 Å². The fourth-order valence-corrected chi connectivity index (χ4v) is 3.89. The van der Waals surface area contributed by atoms with Crippen molar-refractivity contribution >= 4 is 0 Å². The fourth-order valence-electron chi connectivity index (χ4n) is 3.89. The van der Waals surface area contributed by atoms with E-state index >= 15 is 0 Å². The zero-order valence-corrected chi connectivity index (χ0v) is 12.8. The van der Waals surface area contributed by atoms with Gasteiger partial charge in [0.25, 0.3) is 0 Å². The van der Waals surface area contributed by atoms with Gasteiger partial charge in [-0.2, -0.15) is 0 Å². The van der Waals surface area contributed by atoms with Gasteiger partial charge in [-0.1, -0.05) is 12.1 Å². The molecule has 3 nitrogen and oxygen atoms in total. The molecule has 2 aliphatic heterocycles. The molecule has 2 fully saturated rings. The monoisotopic (exact) mass is 274 g/mol. The second kappa shape index (κ2) is 5.38. The average molecular weight is 274 g/mol. The van der Waals surface area contributed by atoms with Crippen LogP contribution in [0.1, 0.15) is 43.4 Å². The van der Waals surface area contributed by atoms with Gasteiger partial charge in [-0.15, -0.1) is 0 Å². The number of hydrogen-bond donors (Lipinski definition) is 1. The SMILES string of the molecule is Cc1ccc(C(C)N2CCC3CCC(C2)N3C)c(O)c1. The molecule has 1 aromatic rings. The van der Waals surface area contributed by atoms with Crippen LogP contribution in [0.5, 0.6) is 5.75 Å². The van der Waals surface area contributed by atoms with Crippen LogP contribution in [0.3, 0.4) is 0 Å². The van der Waals surface area contributed by atoms with E-state index in [1.54, 1.807) is 0 Å². The summed E-state index contributed by atoms with van der Waals surface area (Å²) < 4.78 is 0. The summed E-state index contributed by atoms with van der Waals surface area (Å²) in [6, 6.07) is 7.82. The number of aryl methyl sites for hydroxylation is 1. The number of nitrogens with zero attached hydrogens (tertiary/aromatic N) is 2. The molecule has 3 atom stereocenters. The summed E-state index contributed by atoms with van der Waals surface area (Å²) in [5, 5.41) is 10.2. The molecule has 20 heavy (non-hydrogen) atoms. The van der Waals surface area contributed by atoms with E-state index in [4.69, 9.17) is 0 Å². The molecule has 3 rings (SSSR count). The lowest BCUT2D eigenvalue weighted by molar-refractivity contribution is 0.179. The van der Waals surface area contributed by atoms with Crippen LogP contribution in [0.25, 0.3) is 0 Å². The van der Waals surface area contributed by atoms with Gasteiger partial charge >= 0.3 is 0 Å². The number of likely N-dealkylation sites (N-methyl/N-ethyl adjacent to an activating group) is 1. The molecule has 1 aromatic carbocycles. The first kappa shape index (κ1) is 13.9. The number of benzene rings is 1. The van der Waals surface area contributed by atoms with Crippen molar-refractivity contribution in [2.45, 2.75) is 51.2 Å². The number of fused-ring (bicyclic) bond motifs is 2. The summed E-state index contributed by atoms with van der Waals surface area (Å²) in [7, 11) is 2.28. The molecule has 3 heteroatoms. The van der Waals surface area contributed by atoms with E-state index < -0.39 is 0 Å². The van der Waals surface area contributed by atoms with Gasteiger partial charge < -0.3 is 5.11 Å². The van der Waals surface area contributed by atoms with Crippen LogP contribution in [0.15, 0.2) is 18.2 Å². The Morgan fingerprint density at radius 3 is 2.70 bits per heavy atom. The maximum absolute atomic E-state index is 10.2. The average Bonchev–Trinajstić information content (AvgIpc) is 2.62. The highest BCUT2D eigenvalue weighted by Gasteiger charge is 2.36. The summed E-state index contributed by atoms with van der Waals surface area (Å²) >= 11 is 0. The van der Waals surface area contributed by atoms with Crippen molar-refractivity contribution in [1.82, 2.24) is 9.80 Å². The summed E-state index contributed by atoms with van der Waals surface area (Å²) in [4.78, 5) is 5.12. The van der Waals surface area contributed by atoms with Crippen molar-refractivity contribution in [3.8, 4) is 5.75 Å². The highest BCUT2D eigenvalue weighted by atomic mass is 16.3. The van der Waals surface area contributed by atoms with Gasteiger partial charge in [-0.05, 0) is 51.8 Å². The molecule has 2 aliphatic rings. The molecule has 0 radical (unpaired) electrons. The summed E-state index contributed by atoms with van der Waals surface area (Å²) in [6.07, 6.45) is 3.94. The van der Waals surface area contributed by atoms with Gasteiger partial charge in [0.05, 0.1) is 0 Å². The van der Waals surface area contributed by atoms with Crippen LogP contribution in [0, 0.1) is 6.92 Å². The fraction of sp³-hybridized carbons (Fsp3) is 0.647. The van der Waals surface area contributed by atoms with Crippen molar-refractivity contribution in [1.29, 1.82) is 0 Å². The van der Waals surface area contributed by atoms with Gasteiger partial charge in [0, 0.05) is 36.8 Å². The van der Waals surface area contributed by atoms with E-state index in [1.165, 1.54) is 19.3 Å². The number of phenolic OH excluding ortho intramolecular Hbond substituents is 1. The molecule has 0 aliphatic carbocycles. The van der Waals surface area contributed by atoms with Crippen molar-refractivity contribution < 1.29 is 5.11 Å². The van der Waals surface area contributed by atoms with Crippen LogP contribution < -0.4 is 0 Å². The molecule has 110 valence electrons. The number of likely N-dealkylation sites (tertiary alicyclic amines) is 1.